The maximum absolute atomic E-state index is 14.6. The van der Waals surface area contributed by atoms with E-state index in [9.17, 15) is 18.0 Å². The summed E-state index contributed by atoms with van der Waals surface area (Å²) in [6.07, 6.45) is 0.113. The zero-order chi connectivity index (χ0) is 20.6. The second-order valence-electron chi connectivity index (χ2n) is 7.46. The third-order valence-electron chi connectivity index (χ3n) is 5.55. The number of halogens is 3. The first-order valence-electron chi connectivity index (χ1n) is 9.43. The van der Waals surface area contributed by atoms with Crippen LogP contribution in [0.3, 0.4) is 0 Å². The highest BCUT2D eigenvalue weighted by molar-refractivity contribution is 7.78. The SMILES string of the molecule is O=C(C1CCO1)N1CC(F)(F)C(NS)C1Cc1cccc(-c2cccc(F)c2)c1. The standard InChI is InChI=1S/C21H21F3N2O2S/c22-16-6-2-5-15(11-16)14-4-1-3-13(9-14)10-17-19(25-29)21(23,24)12-26(17)20(27)18-7-8-28-18/h1-6,9,11,17-19,25,29H,7-8,10,12H2. The Labute approximate surface area is 172 Å². The molecule has 2 aliphatic rings. The Morgan fingerprint density at radius 2 is 1.90 bits per heavy atom. The number of hydrogen-bond acceptors (Lipinski definition) is 4. The number of likely N-dealkylation sites (tertiary alicyclic amines) is 1. The second kappa shape index (κ2) is 8.01. The Bertz CT molecular complexity index is 907. The van der Waals surface area contributed by atoms with Crippen molar-refractivity contribution >= 4 is 18.7 Å². The third kappa shape index (κ3) is 4.01. The zero-order valence-corrected chi connectivity index (χ0v) is 16.4. The molecule has 4 nitrogen and oxygen atoms in total. The maximum atomic E-state index is 14.6. The van der Waals surface area contributed by atoms with Gasteiger partial charge in [0, 0.05) is 6.42 Å². The molecule has 8 heteroatoms. The van der Waals surface area contributed by atoms with E-state index in [1.54, 1.807) is 18.2 Å². The molecule has 2 fully saturated rings. The van der Waals surface area contributed by atoms with Crippen LogP contribution in [0.4, 0.5) is 13.2 Å². The number of carbonyl (C=O) groups excluding carboxylic acids is 1. The van der Waals surface area contributed by atoms with Crippen molar-refractivity contribution in [1.82, 2.24) is 9.62 Å². The Morgan fingerprint density at radius 3 is 2.52 bits per heavy atom. The first kappa shape index (κ1) is 20.3. The van der Waals surface area contributed by atoms with Crippen LogP contribution in [0.1, 0.15) is 12.0 Å². The molecule has 3 unspecified atom stereocenters. The lowest BCUT2D eigenvalue weighted by atomic mass is 9.96. The molecule has 0 aromatic heterocycles. The van der Waals surface area contributed by atoms with E-state index in [-0.39, 0.29) is 12.2 Å². The summed E-state index contributed by atoms with van der Waals surface area (Å²) in [6.45, 7) is -0.201. The van der Waals surface area contributed by atoms with Crippen LogP contribution in [0, 0.1) is 5.82 Å². The smallest absolute Gasteiger partial charge is 0.283 e. The average molecular weight is 422 g/mol. The van der Waals surface area contributed by atoms with Crippen molar-refractivity contribution in [3.05, 3.63) is 59.9 Å². The largest absolute Gasteiger partial charge is 0.368 e. The topological polar surface area (TPSA) is 41.6 Å². The van der Waals surface area contributed by atoms with Crippen LogP contribution >= 0.6 is 12.8 Å². The quantitative estimate of drug-likeness (QED) is 0.725. The summed E-state index contributed by atoms with van der Waals surface area (Å²) < 4.78 is 50.3. The van der Waals surface area contributed by atoms with Gasteiger partial charge in [-0.25, -0.2) is 13.2 Å². The van der Waals surface area contributed by atoms with Gasteiger partial charge in [0.15, 0.2) is 0 Å². The molecule has 1 amide bonds. The van der Waals surface area contributed by atoms with Crippen molar-refractivity contribution < 1.29 is 22.7 Å². The van der Waals surface area contributed by atoms with Gasteiger partial charge in [-0.1, -0.05) is 49.2 Å². The summed E-state index contributed by atoms with van der Waals surface area (Å²) >= 11 is 3.90. The lowest BCUT2D eigenvalue weighted by molar-refractivity contribution is -0.158. The van der Waals surface area contributed by atoms with Crippen LogP contribution < -0.4 is 4.72 Å². The van der Waals surface area contributed by atoms with E-state index in [1.807, 2.05) is 18.2 Å². The number of nitrogens with zero attached hydrogens (tertiary/aromatic N) is 1. The number of benzene rings is 2. The van der Waals surface area contributed by atoms with Crippen LogP contribution in [0.2, 0.25) is 0 Å². The molecule has 0 aliphatic carbocycles. The molecule has 0 radical (unpaired) electrons. The third-order valence-corrected chi connectivity index (χ3v) is 5.83. The fourth-order valence-electron chi connectivity index (χ4n) is 3.96. The van der Waals surface area contributed by atoms with Crippen LogP contribution in [0.25, 0.3) is 11.1 Å². The summed E-state index contributed by atoms with van der Waals surface area (Å²) in [5.41, 5.74) is 2.25. The van der Waals surface area contributed by atoms with Crippen molar-refractivity contribution in [2.24, 2.45) is 0 Å². The van der Waals surface area contributed by atoms with Crippen LogP contribution in [0.15, 0.2) is 48.5 Å². The molecule has 2 heterocycles. The fourth-order valence-corrected chi connectivity index (χ4v) is 4.32. The van der Waals surface area contributed by atoms with Gasteiger partial charge in [-0.15, -0.1) is 0 Å². The molecular formula is C21H21F3N2O2S. The van der Waals surface area contributed by atoms with Gasteiger partial charge in [0.25, 0.3) is 11.8 Å². The molecule has 2 aromatic carbocycles. The van der Waals surface area contributed by atoms with Gasteiger partial charge in [-0.3, -0.25) is 9.52 Å². The van der Waals surface area contributed by atoms with Crippen LogP contribution in [-0.2, 0) is 16.0 Å². The molecule has 0 spiro atoms. The maximum Gasteiger partial charge on any atom is 0.283 e. The lowest BCUT2D eigenvalue weighted by Crippen LogP contribution is -2.51. The molecule has 2 saturated heterocycles. The van der Waals surface area contributed by atoms with Gasteiger partial charge in [-0.05, 0) is 35.2 Å². The summed E-state index contributed by atoms with van der Waals surface area (Å²) in [5, 5.41) is 0. The molecule has 2 aromatic rings. The number of carbonyl (C=O) groups is 1. The summed E-state index contributed by atoms with van der Waals surface area (Å²) in [6, 6.07) is 11.4. The van der Waals surface area contributed by atoms with Crippen molar-refractivity contribution in [3.63, 3.8) is 0 Å². The molecule has 0 bridgehead atoms. The van der Waals surface area contributed by atoms with Gasteiger partial charge in [0.1, 0.15) is 18.0 Å². The molecule has 29 heavy (non-hydrogen) atoms. The Hall–Kier alpha value is -2.03. The van der Waals surface area contributed by atoms with E-state index in [2.05, 4.69) is 17.5 Å². The predicted octanol–water partition coefficient (Wildman–Crippen LogP) is 3.47. The van der Waals surface area contributed by atoms with E-state index in [0.29, 0.717) is 18.6 Å². The van der Waals surface area contributed by atoms with E-state index in [1.165, 1.54) is 17.0 Å². The van der Waals surface area contributed by atoms with E-state index >= 15 is 0 Å². The van der Waals surface area contributed by atoms with Gasteiger partial charge in [0.2, 0.25) is 0 Å². The van der Waals surface area contributed by atoms with Crippen molar-refractivity contribution in [1.29, 1.82) is 0 Å². The molecule has 1 N–H and O–H groups in total. The summed E-state index contributed by atoms with van der Waals surface area (Å²) in [4.78, 5) is 13.9. The van der Waals surface area contributed by atoms with Crippen molar-refractivity contribution in [3.8, 4) is 11.1 Å². The van der Waals surface area contributed by atoms with Crippen molar-refractivity contribution in [2.75, 3.05) is 13.2 Å². The predicted molar refractivity (Wildman–Crippen MR) is 106 cm³/mol. The molecular weight excluding hydrogens is 401 g/mol. The molecule has 2 aliphatic heterocycles. The van der Waals surface area contributed by atoms with Crippen LogP contribution in [0.5, 0.6) is 0 Å². The number of alkyl halides is 2. The second-order valence-corrected chi connectivity index (χ2v) is 7.72. The zero-order valence-electron chi connectivity index (χ0n) is 15.5. The van der Waals surface area contributed by atoms with E-state index in [0.717, 1.165) is 11.1 Å². The number of amides is 1. The monoisotopic (exact) mass is 422 g/mol. The van der Waals surface area contributed by atoms with E-state index in [4.69, 9.17) is 4.74 Å². The van der Waals surface area contributed by atoms with E-state index < -0.39 is 36.6 Å². The Kier molecular flexibility index (Phi) is 5.59. The first-order chi connectivity index (χ1) is 13.9. The highest BCUT2D eigenvalue weighted by atomic mass is 32.1. The van der Waals surface area contributed by atoms with Gasteiger partial charge in [-0.2, -0.15) is 0 Å². The lowest BCUT2D eigenvalue weighted by Gasteiger charge is -2.33. The normalized spacial score (nSPS) is 25.7. The summed E-state index contributed by atoms with van der Waals surface area (Å²) in [7, 11) is 0. The van der Waals surface area contributed by atoms with Crippen molar-refractivity contribution in [2.45, 2.75) is 37.0 Å². The molecule has 0 saturated carbocycles. The number of nitrogens with one attached hydrogen (secondary N) is 1. The van der Waals surface area contributed by atoms with Gasteiger partial charge < -0.3 is 9.64 Å². The van der Waals surface area contributed by atoms with Gasteiger partial charge >= 0.3 is 0 Å². The minimum absolute atomic E-state index is 0.218. The first-order valence-corrected chi connectivity index (χ1v) is 9.88. The highest BCUT2D eigenvalue weighted by Crippen LogP contribution is 2.36. The number of rotatable bonds is 5. The number of thiol groups is 1. The Morgan fingerprint density at radius 1 is 1.21 bits per heavy atom. The average Bonchev–Trinajstić information content (AvgIpc) is 2.90. The van der Waals surface area contributed by atoms with Gasteiger partial charge in [0.05, 0.1) is 19.2 Å². The highest BCUT2D eigenvalue weighted by Gasteiger charge is 2.56. The fraction of sp³-hybridized carbons (Fsp3) is 0.381. The molecule has 3 atom stereocenters. The summed E-state index contributed by atoms with van der Waals surface area (Å²) in [5.74, 6) is -3.86. The minimum atomic E-state index is -3.11. The molecule has 154 valence electrons. The Balaban J connectivity index is 1.61. The van der Waals surface area contributed by atoms with Crippen LogP contribution in [-0.4, -0.2) is 48.1 Å². The molecule has 4 rings (SSSR count). The number of hydrogen-bond donors (Lipinski definition) is 2. The minimum Gasteiger partial charge on any atom is -0.368 e. The number of ether oxygens (including phenoxy) is 1.